The van der Waals surface area contributed by atoms with Crippen LogP contribution in [0.15, 0.2) is 0 Å². The van der Waals surface area contributed by atoms with Gasteiger partial charge in [0.15, 0.2) is 0 Å². The first-order chi connectivity index (χ1) is 5.79. The van der Waals surface area contributed by atoms with Crippen LogP contribution in [0.3, 0.4) is 0 Å². The molecule has 1 saturated heterocycles. The SMILES string of the molecule is CCC(CCO)C1OCCC1C. The fourth-order valence-electron chi connectivity index (χ4n) is 2.09. The van der Waals surface area contributed by atoms with Gasteiger partial charge in [-0.05, 0) is 24.7 Å². The number of aliphatic hydroxyl groups excluding tert-OH is 1. The maximum Gasteiger partial charge on any atom is 0.0630 e. The van der Waals surface area contributed by atoms with Crippen molar-refractivity contribution in [2.45, 2.75) is 39.2 Å². The summed E-state index contributed by atoms with van der Waals surface area (Å²) < 4.78 is 5.66. The number of rotatable bonds is 4. The predicted octanol–water partition coefficient (Wildman–Crippen LogP) is 1.82. The van der Waals surface area contributed by atoms with Crippen molar-refractivity contribution in [3.63, 3.8) is 0 Å². The Morgan fingerprint density at radius 2 is 2.33 bits per heavy atom. The quantitative estimate of drug-likeness (QED) is 0.701. The third-order valence-corrected chi connectivity index (χ3v) is 2.93. The Morgan fingerprint density at radius 1 is 1.58 bits per heavy atom. The van der Waals surface area contributed by atoms with E-state index in [9.17, 15) is 0 Å². The largest absolute Gasteiger partial charge is 0.396 e. The molecule has 1 rings (SSSR count). The summed E-state index contributed by atoms with van der Waals surface area (Å²) >= 11 is 0. The topological polar surface area (TPSA) is 29.5 Å². The van der Waals surface area contributed by atoms with Crippen LogP contribution < -0.4 is 0 Å². The molecule has 3 unspecified atom stereocenters. The summed E-state index contributed by atoms with van der Waals surface area (Å²) in [5.41, 5.74) is 0. The molecule has 1 aliphatic heterocycles. The number of aliphatic hydroxyl groups is 1. The van der Waals surface area contributed by atoms with Gasteiger partial charge in [0, 0.05) is 13.2 Å². The number of ether oxygens (including phenoxy) is 1. The second kappa shape index (κ2) is 4.83. The maximum absolute atomic E-state index is 8.86. The van der Waals surface area contributed by atoms with E-state index in [0.717, 1.165) is 19.4 Å². The monoisotopic (exact) mass is 172 g/mol. The molecule has 3 atom stereocenters. The highest BCUT2D eigenvalue weighted by Crippen LogP contribution is 2.29. The summed E-state index contributed by atoms with van der Waals surface area (Å²) in [5, 5.41) is 8.86. The van der Waals surface area contributed by atoms with Gasteiger partial charge in [-0.25, -0.2) is 0 Å². The van der Waals surface area contributed by atoms with Crippen LogP contribution in [0.4, 0.5) is 0 Å². The zero-order valence-electron chi connectivity index (χ0n) is 8.12. The van der Waals surface area contributed by atoms with Gasteiger partial charge in [0.2, 0.25) is 0 Å². The first kappa shape index (κ1) is 10.0. The lowest BCUT2D eigenvalue weighted by molar-refractivity contribution is 0.0331. The van der Waals surface area contributed by atoms with Gasteiger partial charge < -0.3 is 9.84 Å². The Morgan fingerprint density at radius 3 is 2.75 bits per heavy atom. The molecule has 0 aliphatic carbocycles. The minimum Gasteiger partial charge on any atom is -0.396 e. The Balaban J connectivity index is 2.41. The van der Waals surface area contributed by atoms with Gasteiger partial charge >= 0.3 is 0 Å². The molecule has 1 aliphatic rings. The summed E-state index contributed by atoms with van der Waals surface area (Å²) in [6.07, 6.45) is 3.61. The van der Waals surface area contributed by atoms with Gasteiger partial charge in [0.25, 0.3) is 0 Å². The van der Waals surface area contributed by atoms with Crippen molar-refractivity contribution in [1.29, 1.82) is 0 Å². The van der Waals surface area contributed by atoms with E-state index in [0.29, 0.717) is 24.5 Å². The van der Waals surface area contributed by atoms with Crippen molar-refractivity contribution in [2.24, 2.45) is 11.8 Å². The van der Waals surface area contributed by atoms with E-state index in [1.807, 2.05) is 0 Å². The maximum atomic E-state index is 8.86. The van der Waals surface area contributed by atoms with Gasteiger partial charge in [-0.15, -0.1) is 0 Å². The Hall–Kier alpha value is -0.0800. The molecule has 0 spiro atoms. The van der Waals surface area contributed by atoms with Gasteiger partial charge in [0.1, 0.15) is 0 Å². The van der Waals surface area contributed by atoms with E-state index in [-0.39, 0.29) is 0 Å². The standard InChI is InChI=1S/C10H20O2/c1-3-9(4-6-11)10-8(2)5-7-12-10/h8-11H,3-7H2,1-2H3. The molecule has 0 aromatic heterocycles. The average molecular weight is 172 g/mol. The first-order valence-corrected chi connectivity index (χ1v) is 5.02. The van der Waals surface area contributed by atoms with Crippen LogP contribution in [0.5, 0.6) is 0 Å². The van der Waals surface area contributed by atoms with E-state index >= 15 is 0 Å². The molecule has 0 aromatic rings. The lowest BCUT2D eigenvalue weighted by Crippen LogP contribution is -2.25. The predicted molar refractivity (Wildman–Crippen MR) is 49.0 cm³/mol. The fourth-order valence-corrected chi connectivity index (χ4v) is 2.09. The molecule has 0 amide bonds. The minimum absolute atomic E-state index is 0.297. The molecule has 1 fully saturated rings. The van der Waals surface area contributed by atoms with Crippen molar-refractivity contribution in [2.75, 3.05) is 13.2 Å². The van der Waals surface area contributed by atoms with E-state index in [1.54, 1.807) is 0 Å². The van der Waals surface area contributed by atoms with Crippen LogP contribution in [0.25, 0.3) is 0 Å². The van der Waals surface area contributed by atoms with E-state index in [1.165, 1.54) is 6.42 Å². The van der Waals surface area contributed by atoms with Crippen molar-refractivity contribution in [3.8, 4) is 0 Å². The first-order valence-electron chi connectivity index (χ1n) is 5.02. The van der Waals surface area contributed by atoms with Gasteiger partial charge in [-0.2, -0.15) is 0 Å². The summed E-state index contributed by atoms with van der Waals surface area (Å²) in [6, 6.07) is 0. The number of hydrogen-bond donors (Lipinski definition) is 1. The fraction of sp³-hybridized carbons (Fsp3) is 1.00. The van der Waals surface area contributed by atoms with Gasteiger partial charge in [0.05, 0.1) is 6.10 Å². The molecule has 72 valence electrons. The average Bonchev–Trinajstić information content (AvgIpc) is 2.47. The molecule has 0 aromatic carbocycles. The smallest absolute Gasteiger partial charge is 0.0630 e. The Labute approximate surface area is 74.9 Å². The van der Waals surface area contributed by atoms with Crippen LogP contribution in [0, 0.1) is 11.8 Å². The third kappa shape index (κ3) is 2.20. The van der Waals surface area contributed by atoms with Crippen molar-refractivity contribution in [3.05, 3.63) is 0 Å². The molecule has 0 bridgehead atoms. The van der Waals surface area contributed by atoms with Gasteiger partial charge in [-0.1, -0.05) is 20.3 Å². The lowest BCUT2D eigenvalue weighted by atomic mass is 9.88. The normalized spacial score (nSPS) is 32.2. The summed E-state index contributed by atoms with van der Waals surface area (Å²) in [4.78, 5) is 0. The Bertz CT molecular complexity index is 125. The van der Waals surface area contributed by atoms with Crippen LogP contribution in [0.1, 0.15) is 33.1 Å². The highest BCUT2D eigenvalue weighted by Gasteiger charge is 2.30. The number of hydrogen-bond acceptors (Lipinski definition) is 2. The molecule has 1 N–H and O–H groups in total. The van der Waals surface area contributed by atoms with Crippen molar-refractivity contribution >= 4 is 0 Å². The Kier molecular flexibility index (Phi) is 4.02. The van der Waals surface area contributed by atoms with Crippen molar-refractivity contribution in [1.82, 2.24) is 0 Å². The molecule has 12 heavy (non-hydrogen) atoms. The second-order valence-electron chi connectivity index (χ2n) is 3.78. The summed E-state index contributed by atoms with van der Waals surface area (Å²) in [5.74, 6) is 1.24. The van der Waals surface area contributed by atoms with Gasteiger partial charge in [-0.3, -0.25) is 0 Å². The van der Waals surface area contributed by atoms with E-state index in [4.69, 9.17) is 9.84 Å². The highest BCUT2D eigenvalue weighted by molar-refractivity contribution is 4.79. The van der Waals surface area contributed by atoms with E-state index in [2.05, 4.69) is 13.8 Å². The van der Waals surface area contributed by atoms with Crippen LogP contribution in [-0.2, 0) is 4.74 Å². The van der Waals surface area contributed by atoms with Crippen molar-refractivity contribution < 1.29 is 9.84 Å². The zero-order chi connectivity index (χ0) is 8.97. The molecule has 2 nitrogen and oxygen atoms in total. The molecule has 0 radical (unpaired) electrons. The lowest BCUT2D eigenvalue weighted by Gasteiger charge is -2.24. The highest BCUT2D eigenvalue weighted by atomic mass is 16.5. The summed E-state index contributed by atoms with van der Waals surface area (Å²) in [6.45, 7) is 5.63. The summed E-state index contributed by atoms with van der Waals surface area (Å²) in [7, 11) is 0. The van der Waals surface area contributed by atoms with E-state index < -0.39 is 0 Å². The molecule has 0 saturated carbocycles. The molecule has 2 heteroatoms. The molecule has 1 heterocycles. The molecular formula is C10H20O2. The third-order valence-electron chi connectivity index (χ3n) is 2.93. The van der Waals surface area contributed by atoms with Crippen LogP contribution in [-0.4, -0.2) is 24.4 Å². The zero-order valence-corrected chi connectivity index (χ0v) is 8.12. The molecular weight excluding hydrogens is 152 g/mol. The minimum atomic E-state index is 0.297. The van der Waals surface area contributed by atoms with Crippen LogP contribution in [0.2, 0.25) is 0 Å². The second-order valence-corrected chi connectivity index (χ2v) is 3.78. The van der Waals surface area contributed by atoms with Crippen LogP contribution >= 0.6 is 0 Å².